The Balaban J connectivity index is 2.97. The van der Waals surface area contributed by atoms with E-state index in [1.54, 1.807) is 19.2 Å². The Labute approximate surface area is 78.1 Å². The molecule has 1 rings (SSSR count). The molecule has 0 aliphatic carbocycles. The highest BCUT2D eigenvalue weighted by atomic mass is 16.5. The number of rotatable bonds is 3. The largest absolute Gasteiger partial charge is 0.488 e. The molecule has 0 saturated heterocycles. The van der Waals surface area contributed by atoms with Crippen molar-refractivity contribution in [3.63, 3.8) is 0 Å². The second-order valence-corrected chi connectivity index (χ2v) is 2.99. The van der Waals surface area contributed by atoms with Crippen LogP contribution in [0.1, 0.15) is 11.1 Å². The number of methoxy groups -OCH3 is 1. The van der Waals surface area contributed by atoms with Crippen molar-refractivity contribution in [1.82, 2.24) is 0 Å². The predicted molar refractivity (Wildman–Crippen MR) is 51.7 cm³/mol. The number of benzene rings is 1. The van der Waals surface area contributed by atoms with E-state index in [1.807, 2.05) is 13.0 Å². The average Bonchev–Trinajstić information content (AvgIpc) is 2.08. The van der Waals surface area contributed by atoms with E-state index in [2.05, 4.69) is 0 Å². The average molecular weight is 180 g/mol. The first-order valence-electron chi connectivity index (χ1n) is 4.09. The molecule has 1 aromatic carbocycles. The van der Waals surface area contributed by atoms with E-state index in [-0.39, 0.29) is 0 Å². The molecule has 0 unspecified atom stereocenters. The third-order valence-corrected chi connectivity index (χ3v) is 1.97. The maximum Gasteiger partial charge on any atom is 0.488 e. The first kappa shape index (κ1) is 10.2. The first-order chi connectivity index (χ1) is 6.15. The van der Waals surface area contributed by atoms with E-state index in [4.69, 9.17) is 14.8 Å². The van der Waals surface area contributed by atoms with E-state index < -0.39 is 7.12 Å². The van der Waals surface area contributed by atoms with Crippen LogP contribution in [-0.2, 0) is 11.3 Å². The zero-order chi connectivity index (χ0) is 9.84. The fourth-order valence-corrected chi connectivity index (χ4v) is 1.16. The molecule has 0 aliphatic heterocycles. The maximum absolute atomic E-state index is 8.92. The molecule has 0 atom stereocenters. The van der Waals surface area contributed by atoms with Crippen LogP contribution in [0.5, 0.6) is 0 Å². The first-order valence-corrected chi connectivity index (χ1v) is 4.09. The minimum Gasteiger partial charge on any atom is -0.423 e. The van der Waals surface area contributed by atoms with Crippen molar-refractivity contribution in [1.29, 1.82) is 0 Å². The fourth-order valence-electron chi connectivity index (χ4n) is 1.16. The second-order valence-electron chi connectivity index (χ2n) is 2.99. The summed E-state index contributed by atoms with van der Waals surface area (Å²) < 4.78 is 4.98. The summed E-state index contributed by atoms with van der Waals surface area (Å²) in [7, 11) is 0.206. The lowest BCUT2D eigenvalue weighted by Gasteiger charge is -2.07. The highest BCUT2D eigenvalue weighted by Gasteiger charge is 2.11. The molecule has 0 bridgehead atoms. The van der Waals surface area contributed by atoms with E-state index in [9.17, 15) is 0 Å². The molecule has 0 aliphatic rings. The molecule has 4 heteroatoms. The quantitative estimate of drug-likeness (QED) is 0.634. The molecule has 0 spiro atoms. The van der Waals surface area contributed by atoms with Crippen LogP contribution in [-0.4, -0.2) is 24.3 Å². The number of ether oxygens (including phenoxy) is 1. The van der Waals surface area contributed by atoms with Crippen molar-refractivity contribution < 1.29 is 14.8 Å². The third-order valence-electron chi connectivity index (χ3n) is 1.97. The SMILES string of the molecule is COCc1cc(B(O)O)ccc1C. The minimum absolute atomic E-state index is 0.492. The Morgan fingerprint density at radius 2 is 2.08 bits per heavy atom. The van der Waals surface area contributed by atoms with Gasteiger partial charge in [0.25, 0.3) is 0 Å². The Morgan fingerprint density at radius 3 is 2.62 bits per heavy atom. The number of hydrogen-bond donors (Lipinski definition) is 2. The lowest BCUT2D eigenvalue weighted by molar-refractivity contribution is 0.184. The predicted octanol–water partition coefficient (Wildman–Crippen LogP) is -0.179. The van der Waals surface area contributed by atoms with Gasteiger partial charge in [0.1, 0.15) is 0 Å². The highest BCUT2D eigenvalue weighted by Crippen LogP contribution is 2.06. The molecule has 0 heterocycles. The Bertz CT molecular complexity index is 286. The molecule has 0 amide bonds. The molecule has 13 heavy (non-hydrogen) atoms. The molecule has 0 radical (unpaired) electrons. The zero-order valence-electron chi connectivity index (χ0n) is 7.82. The van der Waals surface area contributed by atoms with Gasteiger partial charge in [0, 0.05) is 7.11 Å². The van der Waals surface area contributed by atoms with Crippen molar-refractivity contribution in [2.75, 3.05) is 7.11 Å². The smallest absolute Gasteiger partial charge is 0.423 e. The van der Waals surface area contributed by atoms with Crippen LogP contribution in [0.2, 0.25) is 0 Å². The van der Waals surface area contributed by atoms with Gasteiger partial charge in [0.2, 0.25) is 0 Å². The van der Waals surface area contributed by atoms with Gasteiger partial charge in [0.05, 0.1) is 6.61 Å². The van der Waals surface area contributed by atoms with Crippen LogP contribution in [0, 0.1) is 6.92 Å². The standard InChI is InChI=1S/C9H13BO3/c1-7-3-4-9(10(11)12)5-8(7)6-13-2/h3-5,11-12H,6H2,1-2H3. The molecule has 0 aromatic heterocycles. The van der Waals surface area contributed by atoms with E-state index in [0.717, 1.165) is 11.1 Å². The van der Waals surface area contributed by atoms with Gasteiger partial charge in [0.15, 0.2) is 0 Å². The summed E-state index contributed by atoms with van der Waals surface area (Å²) in [4.78, 5) is 0. The number of aryl methyl sites for hydroxylation is 1. The summed E-state index contributed by atoms with van der Waals surface area (Å²) >= 11 is 0. The molecule has 2 N–H and O–H groups in total. The summed E-state index contributed by atoms with van der Waals surface area (Å²) in [6.45, 7) is 2.45. The second kappa shape index (κ2) is 4.41. The van der Waals surface area contributed by atoms with Gasteiger partial charge >= 0.3 is 7.12 Å². The zero-order valence-corrected chi connectivity index (χ0v) is 7.82. The van der Waals surface area contributed by atoms with Gasteiger partial charge in [-0.1, -0.05) is 18.2 Å². The van der Waals surface area contributed by atoms with Crippen LogP contribution >= 0.6 is 0 Å². The Kier molecular flexibility index (Phi) is 3.48. The lowest BCUT2D eigenvalue weighted by atomic mass is 9.79. The number of hydrogen-bond acceptors (Lipinski definition) is 3. The molecular weight excluding hydrogens is 167 g/mol. The van der Waals surface area contributed by atoms with Crippen molar-refractivity contribution >= 4 is 12.6 Å². The topological polar surface area (TPSA) is 49.7 Å². The van der Waals surface area contributed by atoms with Gasteiger partial charge in [-0.05, 0) is 23.5 Å². The summed E-state index contributed by atoms with van der Waals surface area (Å²) in [5.74, 6) is 0. The fraction of sp³-hybridized carbons (Fsp3) is 0.333. The van der Waals surface area contributed by atoms with Gasteiger partial charge in [-0.3, -0.25) is 0 Å². The van der Waals surface area contributed by atoms with Crippen LogP contribution in [0.15, 0.2) is 18.2 Å². The molecule has 0 fully saturated rings. The van der Waals surface area contributed by atoms with Crippen molar-refractivity contribution in [2.24, 2.45) is 0 Å². The summed E-state index contributed by atoms with van der Waals surface area (Å²) in [5, 5.41) is 17.8. The maximum atomic E-state index is 8.92. The van der Waals surface area contributed by atoms with Gasteiger partial charge in [-0.15, -0.1) is 0 Å². The van der Waals surface area contributed by atoms with E-state index in [0.29, 0.717) is 12.1 Å². The minimum atomic E-state index is -1.41. The highest BCUT2D eigenvalue weighted by molar-refractivity contribution is 6.58. The van der Waals surface area contributed by atoms with Crippen molar-refractivity contribution in [3.05, 3.63) is 29.3 Å². The van der Waals surface area contributed by atoms with Crippen molar-refractivity contribution in [2.45, 2.75) is 13.5 Å². The molecule has 0 saturated carbocycles. The van der Waals surface area contributed by atoms with Crippen LogP contribution < -0.4 is 5.46 Å². The van der Waals surface area contributed by atoms with Gasteiger partial charge < -0.3 is 14.8 Å². The summed E-state index contributed by atoms with van der Waals surface area (Å²) in [6.07, 6.45) is 0. The van der Waals surface area contributed by atoms with E-state index >= 15 is 0 Å². The van der Waals surface area contributed by atoms with Crippen LogP contribution in [0.3, 0.4) is 0 Å². The Morgan fingerprint density at radius 1 is 1.38 bits per heavy atom. The van der Waals surface area contributed by atoms with Crippen LogP contribution in [0.4, 0.5) is 0 Å². The lowest BCUT2D eigenvalue weighted by Crippen LogP contribution is -2.30. The molecule has 70 valence electrons. The summed E-state index contributed by atoms with van der Waals surface area (Å²) in [5.41, 5.74) is 2.57. The summed E-state index contributed by atoms with van der Waals surface area (Å²) in [6, 6.07) is 5.28. The molecule has 1 aromatic rings. The molecule has 3 nitrogen and oxygen atoms in total. The van der Waals surface area contributed by atoms with Crippen molar-refractivity contribution in [3.8, 4) is 0 Å². The van der Waals surface area contributed by atoms with Gasteiger partial charge in [-0.25, -0.2) is 0 Å². The third kappa shape index (κ3) is 2.55. The monoisotopic (exact) mass is 180 g/mol. The normalized spacial score (nSPS) is 10.2. The Hall–Kier alpha value is -0.835. The van der Waals surface area contributed by atoms with Gasteiger partial charge in [-0.2, -0.15) is 0 Å². The van der Waals surface area contributed by atoms with E-state index in [1.165, 1.54) is 0 Å². The molecular formula is C9H13BO3. The van der Waals surface area contributed by atoms with Crippen LogP contribution in [0.25, 0.3) is 0 Å².